The molecule has 0 aliphatic heterocycles. The van der Waals surface area contributed by atoms with E-state index in [1.165, 1.54) is 0 Å². The number of nitrogens with one attached hydrogen (secondary N) is 2. The monoisotopic (exact) mass is 386 g/mol. The van der Waals surface area contributed by atoms with Gasteiger partial charge in [-0.2, -0.15) is 0 Å². The quantitative estimate of drug-likeness (QED) is 0.575. The zero-order valence-corrected chi connectivity index (χ0v) is 15.9. The third-order valence-electron chi connectivity index (χ3n) is 4.38. The van der Waals surface area contributed by atoms with Crippen LogP contribution < -0.4 is 10.6 Å². The van der Waals surface area contributed by atoms with Crippen LogP contribution in [0.2, 0.25) is 10.0 Å². The van der Waals surface area contributed by atoms with Crippen molar-refractivity contribution in [1.29, 1.82) is 0 Å². The summed E-state index contributed by atoms with van der Waals surface area (Å²) in [5, 5.41) is 9.33. The number of carbonyl (C=O) groups is 1. The maximum Gasteiger partial charge on any atom is 0.315 e. The number of rotatable bonds is 5. The Hall–Kier alpha value is -2.23. The molecular weight excluding hydrogens is 367 g/mol. The lowest BCUT2D eigenvalue weighted by Gasteiger charge is -2.16. The van der Waals surface area contributed by atoms with E-state index in [2.05, 4.69) is 28.8 Å². The molecule has 0 aromatic heterocycles. The zero-order chi connectivity index (χ0) is 18.5. The molecule has 0 fully saturated rings. The van der Waals surface area contributed by atoms with E-state index in [9.17, 15) is 4.79 Å². The average molecular weight is 387 g/mol. The summed E-state index contributed by atoms with van der Waals surface area (Å²) in [6.07, 6.45) is 0. The maximum absolute atomic E-state index is 12.2. The van der Waals surface area contributed by atoms with Crippen molar-refractivity contribution >= 4 is 40.0 Å². The Morgan fingerprint density at radius 1 is 0.923 bits per heavy atom. The van der Waals surface area contributed by atoms with Gasteiger partial charge in [-0.3, -0.25) is 0 Å². The predicted molar refractivity (Wildman–Crippen MR) is 109 cm³/mol. The summed E-state index contributed by atoms with van der Waals surface area (Å²) < 4.78 is 0. The van der Waals surface area contributed by atoms with Crippen molar-refractivity contribution in [2.45, 2.75) is 19.4 Å². The number of benzene rings is 3. The molecular formula is C21H20Cl2N2O. The molecule has 1 atom stereocenters. The Bertz CT molecular complexity index is 901. The Labute approximate surface area is 163 Å². The fourth-order valence-electron chi connectivity index (χ4n) is 3.01. The van der Waals surface area contributed by atoms with Crippen molar-refractivity contribution in [3.63, 3.8) is 0 Å². The lowest BCUT2D eigenvalue weighted by atomic mass is 10.0. The summed E-state index contributed by atoms with van der Waals surface area (Å²) in [4.78, 5) is 12.2. The summed E-state index contributed by atoms with van der Waals surface area (Å²) in [5.41, 5.74) is 1.94. The minimum Gasteiger partial charge on any atom is -0.338 e. The van der Waals surface area contributed by atoms with E-state index in [0.717, 1.165) is 21.9 Å². The van der Waals surface area contributed by atoms with E-state index in [4.69, 9.17) is 23.2 Å². The Balaban J connectivity index is 1.58. The van der Waals surface area contributed by atoms with Gasteiger partial charge in [-0.1, -0.05) is 78.7 Å². The highest BCUT2D eigenvalue weighted by atomic mass is 35.5. The van der Waals surface area contributed by atoms with Crippen molar-refractivity contribution in [3.8, 4) is 0 Å². The molecule has 3 aromatic carbocycles. The van der Waals surface area contributed by atoms with Gasteiger partial charge in [0.15, 0.2) is 0 Å². The van der Waals surface area contributed by atoms with Crippen LogP contribution in [0, 0.1) is 0 Å². The highest BCUT2D eigenvalue weighted by Gasteiger charge is 2.14. The first kappa shape index (κ1) is 18.6. The van der Waals surface area contributed by atoms with Crippen LogP contribution in [0.1, 0.15) is 24.0 Å². The van der Waals surface area contributed by atoms with Crippen molar-refractivity contribution in [3.05, 3.63) is 81.8 Å². The van der Waals surface area contributed by atoms with Crippen LogP contribution in [-0.4, -0.2) is 12.6 Å². The number of fused-ring (bicyclic) bond motifs is 1. The van der Waals surface area contributed by atoms with Crippen LogP contribution in [0.5, 0.6) is 0 Å². The van der Waals surface area contributed by atoms with E-state index >= 15 is 0 Å². The molecule has 0 radical (unpaired) electrons. The number of urea groups is 1. The minimum atomic E-state index is -0.215. The van der Waals surface area contributed by atoms with Gasteiger partial charge < -0.3 is 10.6 Å². The highest BCUT2D eigenvalue weighted by molar-refractivity contribution is 6.36. The van der Waals surface area contributed by atoms with Crippen molar-refractivity contribution in [2.75, 3.05) is 6.54 Å². The number of carbonyl (C=O) groups excluding carboxylic acids is 1. The minimum absolute atomic E-state index is 0.0134. The third-order valence-corrected chi connectivity index (χ3v) is 5.04. The molecule has 134 valence electrons. The normalized spacial score (nSPS) is 12.0. The second-order valence-electron chi connectivity index (χ2n) is 6.24. The molecule has 2 N–H and O–H groups in total. The lowest BCUT2D eigenvalue weighted by Crippen LogP contribution is -2.37. The summed E-state index contributed by atoms with van der Waals surface area (Å²) in [6.45, 7) is 2.90. The summed E-state index contributed by atoms with van der Waals surface area (Å²) in [7, 11) is 0. The van der Waals surface area contributed by atoms with Gasteiger partial charge in [0.2, 0.25) is 0 Å². The molecule has 3 aromatic rings. The van der Waals surface area contributed by atoms with E-state index < -0.39 is 0 Å². The van der Waals surface area contributed by atoms with Gasteiger partial charge in [-0.05, 0) is 34.0 Å². The largest absolute Gasteiger partial charge is 0.338 e. The topological polar surface area (TPSA) is 41.1 Å². The van der Waals surface area contributed by atoms with E-state index in [-0.39, 0.29) is 11.9 Å². The molecule has 0 aliphatic rings. The molecule has 0 heterocycles. The van der Waals surface area contributed by atoms with Crippen LogP contribution in [0.3, 0.4) is 0 Å². The van der Waals surface area contributed by atoms with Crippen molar-refractivity contribution in [2.24, 2.45) is 0 Å². The standard InChI is InChI=1S/C21H20Cl2N2O/c1-14(20-18(22)10-5-11-19(20)23)12-24-21(26)25-13-16-8-4-7-15-6-2-3-9-17(15)16/h2-11,14H,12-13H2,1H3,(H2,24,25,26). The summed E-state index contributed by atoms with van der Waals surface area (Å²) >= 11 is 12.4. The molecule has 0 saturated carbocycles. The molecule has 1 unspecified atom stereocenters. The first-order valence-electron chi connectivity index (χ1n) is 8.48. The van der Waals surface area contributed by atoms with E-state index in [0.29, 0.717) is 23.1 Å². The van der Waals surface area contributed by atoms with Crippen molar-refractivity contribution < 1.29 is 4.79 Å². The molecule has 5 heteroatoms. The molecule has 3 nitrogen and oxygen atoms in total. The fraction of sp³-hybridized carbons (Fsp3) is 0.190. The zero-order valence-electron chi connectivity index (χ0n) is 14.4. The Morgan fingerprint density at radius 2 is 1.58 bits per heavy atom. The van der Waals surface area contributed by atoms with Crippen LogP contribution in [0.25, 0.3) is 10.8 Å². The molecule has 0 bridgehead atoms. The number of hydrogen-bond donors (Lipinski definition) is 2. The van der Waals surface area contributed by atoms with Gasteiger partial charge in [-0.15, -0.1) is 0 Å². The van der Waals surface area contributed by atoms with Crippen molar-refractivity contribution in [1.82, 2.24) is 10.6 Å². The molecule has 2 amide bonds. The van der Waals surface area contributed by atoms with Gasteiger partial charge >= 0.3 is 6.03 Å². The lowest BCUT2D eigenvalue weighted by molar-refractivity contribution is 0.240. The highest BCUT2D eigenvalue weighted by Crippen LogP contribution is 2.30. The predicted octanol–water partition coefficient (Wildman–Crippen LogP) is 5.75. The van der Waals surface area contributed by atoms with Gasteiger partial charge in [-0.25, -0.2) is 4.79 Å². The van der Waals surface area contributed by atoms with E-state index in [1.54, 1.807) is 12.1 Å². The second-order valence-corrected chi connectivity index (χ2v) is 7.05. The first-order chi connectivity index (χ1) is 12.6. The third kappa shape index (κ3) is 4.29. The number of halogens is 2. The second kappa shape index (κ2) is 8.43. The summed E-state index contributed by atoms with van der Waals surface area (Å²) in [5.74, 6) is 0.0134. The molecule has 26 heavy (non-hydrogen) atoms. The smallest absolute Gasteiger partial charge is 0.315 e. The van der Waals surface area contributed by atoms with Crippen LogP contribution in [0.15, 0.2) is 60.7 Å². The van der Waals surface area contributed by atoms with Crippen LogP contribution >= 0.6 is 23.2 Å². The van der Waals surface area contributed by atoms with E-state index in [1.807, 2.05) is 37.3 Å². The summed E-state index contributed by atoms with van der Waals surface area (Å²) in [6, 6.07) is 19.4. The average Bonchev–Trinajstić information content (AvgIpc) is 2.64. The van der Waals surface area contributed by atoms with Gasteiger partial charge in [0.25, 0.3) is 0 Å². The molecule has 0 saturated heterocycles. The number of hydrogen-bond acceptors (Lipinski definition) is 1. The molecule has 0 spiro atoms. The SMILES string of the molecule is CC(CNC(=O)NCc1cccc2ccccc12)c1c(Cl)cccc1Cl. The van der Waals surface area contributed by atoms with Gasteiger partial charge in [0, 0.05) is 29.1 Å². The van der Waals surface area contributed by atoms with Gasteiger partial charge in [0.05, 0.1) is 0 Å². The number of amides is 2. The first-order valence-corrected chi connectivity index (χ1v) is 9.24. The maximum atomic E-state index is 12.2. The van der Waals surface area contributed by atoms with Crippen LogP contribution in [0.4, 0.5) is 4.79 Å². The molecule has 0 aliphatic carbocycles. The van der Waals surface area contributed by atoms with Crippen LogP contribution in [-0.2, 0) is 6.54 Å². The Kier molecular flexibility index (Phi) is 6.02. The Morgan fingerprint density at radius 3 is 2.35 bits per heavy atom. The molecule has 3 rings (SSSR count). The fourth-order valence-corrected chi connectivity index (χ4v) is 3.78. The van der Waals surface area contributed by atoms with Gasteiger partial charge in [0.1, 0.15) is 0 Å².